The molecule has 1 unspecified atom stereocenters. The van der Waals surface area contributed by atoms with E-state index in [9.17, 15) is 13.2 Å². The van der Waals surface area contributed by atoms with E-state index in [4.69, 9.17) is 5.11 Å². The van der Waals surface area contributed by atoms with E-state index in [1.54, 1.807) is 0 Å². The lowest BCUT2D eigenvalue weighted by Crippen LogP contribution is -2.43. The number of sulfone groups is 1. The number of rotatable bonds is 4. The Balaban J connectivity index is 2.10. The first-order chi connectivity index (χ1) is 8.81. The van der Waals surface area contributed by atoms with Gasteiger partial charge in [-0.15, -0.1) is 0 Å². The zero-order valence-corrected chi connectivity index (χ0v) is 11.3. The van der Waals surface area contributed by atoms with E-state index in [1.807, 2.05) is 6.92 Å². The van der Waals surface area contributed by atoms with Crippen LogP contribution in [0.25, 0.3) is 0 Å². The Morgan fingerprint density at radius 1 is 1.58 bits per heavy atom. The summed E-state index contributed by atoms with van der Waals surface area (Å²) in [4.78, 5) is 18.6. The van der Waals surface area contributed by atoms with Gasteiger partial charge in [0.1, 0.15) is 11.9 Å². The molecule has 2 rings (SSSR count). The Morgan fingerprint density at radius 3 is 2.89 bits per heavy atom. The molecule has 1 aromatic rings. The first-order valence-electron chi connectivity index (χ1n) is 5.79. The number of nitrogens with one attached hydrogen (secondary N) is 1. The van der Waals surface area contributed by atoms with Crippen molar-refractivity contribution in [2.45, 2.75) is 25.4 Å². The molecule has 2 heterocycles. The molecule has 0 aromatic carbocycles. The Bertz CT molecular complexity index is 602. The highest BCUT2D eigenvalue weighted by atomic mass is 32.2. The summed E-state index contributed by atoms with van der Waals surface area (Å²) in [5.74, 6) is -0.874. The van der Waals surface area contributed by atoms with Crippen LogP contribution in [0.15, 0.2) is 12.5 Å². The number of aromatic nitrogens is 2. The Labute approximate surface area is 111 Å². The number of carboxylic acids is 1. The monoisotopic (exact) mass is 285 g/mol. The van der Waals surface area contributed by atoms with Crippen molar-refractivity contribution in [2.24, 2.45) is 0 Å². The minimum absolute atomic E-state index is 0.0273. The maximum Gasteiger partial charge on any atom is 0.339 e. The van der Waals surface area contributed by atoms with E-state index in [0.29, 0.717) is 12.1 Å². The summed E-state index contributed by atoms with van der Waals surface area (Å²) in [6.07, 6.45) is 3.03. The highest BCUT2D eigenvalue weighted by Gasteiger charge is 2.38. The van der Waals surface area contributed by atoms with E-state index < -0.39 is 21.3 Å². The third-order valence-corrected chi connectivity index (χ3v) is 5.11. The molecule has 2 N–H and O–H groups in total. The van der Waals surface area contributed by atoms with E-state index in [0.717, 1.165) is 0 Å². The van der Waals surface area contributed by atoms with Crippen molar-refractivity contribution < 1.29 is 18.3 Å². The lowest BCUT2D eigenvalue weighted by atomic mass is 10.0. The van der Waals surface area contributed by atoms with Crippen molar-refractivity contribution in [1.29, 1.82) is 0 Å². The zero-order chi connectivity index (χ0) is 14.1. The molecule has 0 bridgehead atoms. The Hall–Kier alpha value is -1.54. The molecule has 1 aromatic heterocycles. The van der Waals surface area contributed by atoms with Gasteiger partial charge in [-0.25, -0.2) is 23.2 Å². The maximum absolute atomic E-state index is 11.5. The molecule has 1 aliphatic heterocycles. The molecule has 1 aliphatic rings. The fourth-order valence-electron chi connectivity index (χ4n) is 2.12. The average Bonchev–Trinajstić information content (AvgIpc) is 2.62. The summed E-state index contributed by atoms with van der Waals surface area (Å²) in [5, 5.41) is 12.1. The van der Waals surface area contributed by atoms with E-state index in [2.05, 4.69) is 15.3 Å². The van der Waals surface area contributed by atoms with Crippen LogP contribution < -0.4 is 5.32 Å². The van der Waals surface area contributed by atoms with Crippen molar-refractivity contribution >= 4 is 15.8 Å². The minimum Gasteiger partial charge on any atom is -0.478 e. The third-order valence-electron chi connectivity index (χ3n) is 3.21. The predicted octanol–water partition coefficient (Wildman–Crippen LogP) is -0.158. The van der Waals surface area contributed by atoms with Gasteiger partial charge in [-0.05, 0) is 13.3 Å². The van der Waals surface area contributed by atoms with Crippen LogP contribution in [-0.4, -0.2) is 46.5 Å². The van der Waals surface area contributed by atoms with Gasteiger partial charge in [0.15, 0.2) is 9.84 Å². The number of carboxylic acid groups (broad SMARTS) is 1. The molecule has 8 heteroatoms. The summed E-state index contributed by atoms with van der Waals surface area (Å²) in [6.45, 7) is 2.02. The van der Waals surface area contributed by atoms with Gasteiger partial charge in [0.25, 0.3) is 0 Å². The molecule has 0 amide bonds. The van der Waals surface area contributed by atoms with Crippen LogP contribution in [0.4, 0.5) is 0 Å². The lowest BCUT2D eigenvalue weighted by molar-refractivity contribution is 0.0694. The molecular weight excluding hydrogens is 270 g/mol. The standard InChI is InChI=1S/C11H15N3O4S/c1-11(2-3-19(17,18)6-11)14-5-9-8(10(15)16)4-12-7-13-9/h4,7,14H,2-3,5-6H2,1H3,(H,15,16). The second kappa shape index (κ2) is 4.86. The van der Waals surface area contributed by atoms with Crippen LogP contribution in [0, 0.1) is 0 Å². The molecular formula is C11H15N3O4S. The van der Waals surface area contributed by atoms with Gasteiger partial charge in [0, 0.05) is 18.3 Å². The summed E-state index contributed by atoms with van der Waals surface area (Å²) in [7, 11) is -3.00. The minimum atomic E-state index is -3.00. The fourth-order valence-corrected chi connectivity index (χ4v) is 4.24. The second-order valence-electron chi connectivity index (χ2n) is 4.94. The van der Waals surface area contributed by atoms with Gasteiger partial charge < -0.3 is 10.4 Å². The quantitative estimate of drug-likeness (QED) is 0.791. The van der Waals surface area contributed by atoms with Crippen LogP contribution in [-0.2, 0) is 16.4 Å². The molecule has 19 heavy (non-hydrogen) atoms. The van der Waals surface area contributed by atoms with Gasteiger partial charge in [-0.3, -0.25) is 0 Å². The second-order valence-corrected chi connectivity index (χ2v) is 7.13. The van der Waals surface area contributed by atoms with E-state index in [-0.39, 0.29) is 23.6 Å². The van der Waals surface area contributed by atoms with Crippen molar-refractivity contribution in [2.75, 3.05) is 11.5 Å². The average molecular weight is 285 g/mol. The molecule has 0 saturated carbocycles. The third kappa shape index (κ3) is 3.27. The van der Waals surface area contributed by atoms with Gasteiger partial charge in [0.05, 0.1) is 17.2 Å². The maximum atomic E-state index is 11.5. The van der Waals surface area contributed by atoms with Gasteiger partial charge in [0.2, 0.25) is 0 Å². The van der Waals surface area contributed by atoms with E-state index in [1.165, 1.54) is 12.5 Å². The highest BCUT2D eigenvalue weighted by Crippen LogP contribution is 2.23. The first kappa shape index (κ1) is 13.9. The van der Waals surface area contributed by atoms with Crippen LogP contribution >= 0.6 is 0 Å². The van der Waals surface area contributed by atoms with Crippen molar-refractivity contribution in [3.8, 4) is 0 Å². The Kier molecular flexibility index (Phi) is 3.55. The number of hydrogen-bond acceptors (Lipinski definition) is 6. The summed E-state index contributed by atoms with van der Waals surface area (Å²) in [6, 6.07) is 0. The molecule has 1 saturated heterocycles. The summed E-state index contributed by atoms with van der Waals surface area (Å²) < 4.78 is 22.9. The van der Waals surface area contributed by atoms with Crippen LogP contribution in [0.3, 0.4) is 0 Å². The van der Waals surface area contributed by atoms with Gasteiger partial charge in [-0.1, -0.05) is 0 Å². The number of nitrogens with zero attached hydrogens (tertiary/aromatic N) is 2. The first-order valence-corrected chi connectivity index (χ1v) is 7.61. The van der Waals surface area contributed by atoms with Crippen LogP contribution in [0.2, 0.25) is 0 Å². The summed E-state index contributed by atoms with van der Waals surface area (Å²) >= 11 is 0. The zero-order valence-electron chi connectivity index (χ0n) is 10.5. The highest BCUT2D eigenvalue weighted by molar-refractivity contribution is 7.91. The van der Waals surface area contributed by atoms with Crippen molar-refractivity contribution in [1.82, 2.24) is 15.3 Å². The molecule has 0 spiro atoms. The number of hydrogen-bond donors (Lipinski definition) is 2. The van der Waals surface area contributed by atoms with Gasteiger partial charge >= 0.3 is 5.97 Å². The molecule has 7 nitrogen and oxygen atoms in total. The summed E-state index contributed by atoms with van der Waals surface area (Å²) in [5.41, 5.74) is -0.146. The molecule has 1 atom stereocenters. The molecule has 104 valence electrons. The number of aromatic carboxylic acids is 1. The SMILES string of the molecule is CC1(NCc2ncncc2C(=O)O)CCS(=O)(=O)C1. The predicted molar refractivity (Wildman–Crippen MR) is 67.5 cm³/mol. The Morgan fingerprint density at radius 2 is 2.32 bits per heavy atom. The van der Waals surface area contributed by atoms with Crippen molar-refractivity contribution in [3.05, 3.63) is 23.8 Å². The molecule has 0 aliphatic carbocycles. The van der Waals surface area contributed by atoms with Gasteiger partial charge in [-0.2, -0.15) is 0 Å². The smallest absolute Gasteiger partial charge is 0.339 e. The van der Waals surface area contributed by atoms with E-state index >= 15 is 0 Å². The molecule has 1 fully saturated rings. The molecule has 0 radical (unpaired) electrons. The van der Waals surface area contributed by atoms with Crippen molar-refractivity contribution in [3.63, 3.8) is 0 Å². The number of carbonyl (C=O) groups is 1. The lowest BCUT2D eigenvalue weighted by Gasteiger charge is -2.23. The fraction of sp³-hybridized carbons (Fsp3) is 0.545. The van der Waals surface area contributed by atoms with Crippen LogP contribution in [0.1, 0.15) is 29.4 Å². The largest absolute Gasteiger partial charge is 0.478 e. The van der Waals surface area contributed by atoms with Crippen LogP contribution in [0.5, 0.6) is 0 Å². The topological polar surface area (TPSA) is 109 Å². The normalized spacial score (nSPS) is 25.3.